The average molecular weight is 332 g/mol. The third-order valence-electron chi connectivity index (χ3n) is 2.79. The van der Waals surface area contributed by atoms with Gasteiger partial charge in [-0.1, -0.05) is 40.2 Å². The number of ketones is 1. The second-order valence-electron chi connectivity index (χ2n) is 4.22. The topological polar surface area (TPSA) is 30.0 Å². The summed E-state index contributed by atoms with van der Waals surface area (Å²) in [7, 11) is 0. The van der Waals surface area contributed by atoms with Crippen molar-refractivity contribution in [2.75, 3.05) is 0 Å². The third kappa shape index (κ3) is 2.74. The fourth-order valence-corrected chi connectivity index (χ4v) is 3.25. The Labute approximate surface area is 123 Å². The summed E-state index contributed by atoms with van der Waals surface area (Å²) < 4.78 is 2.04. The number of rotatable bonds is 3. The van der Waals surface area contributed by atoms with Crippen molar-refractivity contribution in [3.63, 3.8) is 0 Å². The highest BCUT2D eigenvalue weighted by Crippen LogP contribution is 2.23. The summed E-state index contributed by atoms with van der Waals surface area (Å²) in [6, 6.07) is 15.6. The lowest BCUT2D eigenvalue weighted by atomic mass is 10.1. The molecule has 3 rings (SSSR count). The van der Waals surface area contributed by atoms with Crippen LogP contribution >= 0.6 is 27.3 Å². The maximum absolute atomic E-state index is 12.2. The second-order valence-corrected chi connectivity index (χ2v) is 6.16. The Morgan fingerprint density at radius 3 is 2.79 bits per heavy atom. The van der Waals surface area contributed by atoms with Crippen LogP contribution in [-0.4, -0.2) is 10.8 Å². The molecular weight excluding hydrogens is 322 g/mol. The number of nitrogens with zero attached hydrogens (tertiary/aromatic N) is 1. The molecule has 2 aromatic carbocycles. The van der Waals surface area contributed by atoms with E-state index >= 15 is 0 Å². The second kappa shape index (κ2) is 5.23. The Kier molecular flexibility index (Phi) is 3.44. The smallest absolute Gasteiger partial charge is 0.195 e. The van der Waals surface area contributed by atoms with Crippen LogP contribution in [0.3, 0.4) is 0 Å². The Balaban J connectivity index is 1.87. The molecule has 0 radical (unpaired) electrons. The predicted molar refractivity (Wildman–Crippen MR) is 81.8 cm³/mol. The average Bonchev–Trinajstić information content (AvgIpc) is 2.82. The number of benzene rings is 2. The molecule has 0 N–H and O–H groups in total. The predicted octanol–water partition coefficient (Wildman–Crippen LogP) is 4.48. The molecule has 0 aliphatic heterocycles. The molecule has 2 nitrogen and oxygen atoms in total. The van der Waals surface area contributed by atoms with Crippen molar-refractivity contribution in [2.45, 2.75) is 6.42 Å². The summed E-state index contributed by atoms with van der Waals surface area (Å²) in [6.07, 6.45) is 0.388. The lowest BCUT2D eigenvalue weighted by molar-refractivity contribution is 0.0993. The van der Waals surface area contributed by atoms with Crippen molar-refractivity contribution in [1.82, 2.24) is 4.98 Å². The van der Waals surface area contributed by atoms with Gasteiger partial charge in [-0.3, -0.25) is 4.79 Å². The first-order valence-electron chi connectivity index (χ1n) is 5.85. The molecule has 0 saturated carbocycles. The molecule has 19 heavy (non-hydrogen) atoms. The van der Waals surface area contributed by atoms with Gasteiger partial charge in [0.05, 0.1) is 10.2 Å². The number of para-hydroxylation sites is 1. The van der Waals surface area contributed by atoms with E-state index in [2.05, 4.69) is 20.9 Å². The zero-order valence-corrected chi connectivity index (χ0v) is 12.4. The van der Waals surface area contributed by atoms with E-state index in [1.165, 1.54) is 11.3 Å². The van der Waals surface area contributed by atoms with Crippen LogP contribution in [0.4, 0.5) is 0 Å². The molecule has 3 aromatic rings. The lowest BCUT2D eigenvalue weighted by Crippen LogP contribution is -2.02. The molecule has 0 fully saturated rings. The molecule has 1 heterocycles. The van der Waals surface area contributed by atoms with Crippen molar-refractivity contribution < 1.29 is 4.79 Å². The highest BCUT2D eigenvalue weighted by atomic mass is 79.9. The summed E-state index contributed by atoms with van der Waals surface area (Å²) in [5.41, 5.74) is 1.89. The van der Waals surface area contributed by atoms with Gasteiger partial charge in [0.2, 0.25) is 0 Å². The van der Waals surface area contributed by atoms with E-state index in [4.69, 9.17) is 0 Å². The number of carbonyl (C=O) groups excluding carboxylic acids is 1. The normalized spacial score (nSPS) is 10.8. The highest BCUT2D eigenvalue weighted by molar-refractivity contribution is 9.10. The number of thiazole rings is 1. The fourth-order valence-electron chi connectivity index (χ4n) is 1.90. The summed E-state index contributed by atoms with van der Waals surface area (Å²) in [5.74, 6) is 0.0688. The monoisotopic (exact) mass is 331 g/mol. The molecule has 4 heteroatoms. The minimum absolute atomic E-state index is 0.0688. The van der Waals surface area contributed by atoms with E-state index in [-0.39, 0.29) is 5.78 Å². The van der Waals surface area contributed by atoms with Crippen LogP contribution in [-0.2, 0) is 6.42 Å². The van der Waals surface area contributed by atoms with Gasteiger partial charge in [0, 0.05) is 10.9 Å². The number of carbonyl (C=O) groups is 1. The van der Waals surface area contributed by atoms with Crippen LogP contribution in [0.1, 0.15) is 15.4 Å². The van der Waals surface area contributed by atoms with Crippen molar-refractivity contribution in [3.05, 3.63) is 63.6 Å². The molecular formula is C15H10BrNOS. The Morgan fingerprint density at radius 2 is 2.00 bits per heavy atom. The SMILES string of the molecule is O=C(Cc1cccc(Br)c1)c1nc2ccccc2s1. The van der Waals surface area contributed by atoms with Crippen LogP contribution in [0.2, 0.25) is 0 Å². The molecule has 0 unspecified atom stereocenters. The number of hydrogen-bond acceptors (Lipinski definition) is 3. The summed E-state index contributed by atoms with van der Waals surface area (Å²) in [6.45, 7) is 0. The van der Waals surface area contributed by atoms with Gasteiger partial charge in [-0.25, -0.2) is 4.98 Å². The molecule has 0 aliphatic rings. The number of Topliss-reactive ketones (excluding diaryl/α,β-unsaturated/α-hetero) is 1. The number of halogens is 1. The van der Waals surface area contributed by atoms with E-state index in [9.17, 15) is 4.79 Å². The van der Waals surface area contributed by atoms with Gasteiger partial charge in [0.25, 0.3) is 0 Å². The third-order valence-corrected chi connectivity index (χ3v) is 4.36. The summed E-state index contributed by atoms with van der Waals surface area (Å²) >= 11 is 4.87. The van der Waals surface area contributed by atoms with E-state index in [0.29, 0.717) is 11.4 Å². The van der Waals surface area contributed by atoms with Gasteiger partial charge in [0.15, 0.2) is 10.8 Å². The van der Waals surface area contributed by atoms with Crippen LogP contribution in [0, 0.1) is 0 Å². The van der Waals surface area contributed by atoms with E-state index < -0.39 is 0 Å². The number of aromatic nitrogens is 1. The van der Waals surface area contributed by atoms with Gasteiger partial charge in [0.1, 0.15) is 0 Å². The van der Waals surface area contributed by atoms with E-state index in [0.717, 1.165) is 20.3 Å². The molecule has 0 atom stereocenters. The number of hydrogen-bond donors (Lipinski definition) is 0. The minimum Gasteiger partial charge on any atom is -0.291 e. The Morgan fingerprint density at radius 1 is 1.16 bits per heavy atom. The van der Waals surface area contributed by atoms with E-state index in [1.807, 2.05) is 48.5 Å². The van der Waals surface area contributed by atoms with Gasteiger partial charge in [-0.05, 0) is 29.8 Å². The van der Waals surface area contributed by atoms with E-state index in [1.54, 1.807) is 0 Å². The van der Waals surface area contributed by atoms with Crippen molar-refractivity contribution in [3.8, 4) is 0 Å². The molecule has 0 aliphatic carbocycles. The van der Waals surface area contributed by atoms with Crippen LogP contribution in [0.25, 0.3) is 10.2 Å². The molecule has 0 saturated heterocycles. The Bertz CT molecular complexity index is 717. The standard InChI is InChI=1S/C15H10BrNOS/c16-11-5-3-4-10(8-11)9-13(18)15-17-12-6-1-2-7-14(12)19-15/h1-8H,9H2. The first kappa shape index (κ1) is 12.5. The summed E-state index contributed by atoms with van der Waals surface area (Å²) in [5, 5.41) is 0.584. The summed E-state index contributed by atoms with van der Waals surface area (Å²) in [4.78, 5) is 16.6. The largest absolute Gasteiger partial charge is 0.291 e. The first-order valence-corrected chi connectivity index (χ1v) is 7.46. The number of fused-ring (bicyclic) bond motifs is 1. The zero-order valence-electron chi connectivity index (χ0n) is 9.97. The van der Waals surface area contributed by atoms with Crippen molar-refractivity contribution in [2.24, 2.45) is 0 Å². The Hall–Kier alpha value is -1.52. The lowest BCUT2D eigenvalue weighted by Gasteiger charge is -1.99. The zero-order chi connectivity index (χ0) is 13.2. The van der Waals surface area contributed by atoms with Gasteiger partial charge in [-0.15, -0.1) is 11.3 Å². The van der Waals surface area contributed by atoms with Gasteiger partial charge >= 0.3 is 0 Å². The van der Waals surface area contributed by atoms with Crippen LogP contribution < -0.4 is 0 Å². The van der Waals surface area contributed by atoms with Crippen LogP contribution in [0.15, 0.2) is 53.0 Å². The van der Waals surface area contributed by atoms with Gasteiger partial charge in [-0.2, -0.15) is 0 Å². The molecule has 0 bridgehead atoms. The van der Waals surface area contributed by atoms with Gasteiger partial charge < -0.3 is 0 Å². The molecule has 94 valence electrons. The maximum atomic E-state index is 12.2. The first-order chi connectivity index (χ1) is 9.22. The van der Waals surface area contributed by atoms with Crippen molar-refractivity contribution in [1.29, 1.82) is 0 Å². The molecule has 0 spiro atoms. The maximum Gasteiger partial charge on any atom is 0.195 e. The molecule has 0 amide bonds. The highest BCUT2D eigenvalue weighted by Gasteiger charge is 2.12. The minimum atomic E-state index is 0.0688. The van der Waals surface area contributed by atoms with Crippen molar-refractivity contribution >= 4 is 43.3 Å². The fraction of sp³-hybridized carbons (Fsp3) is 0.0667. The van der Waals surface area contributed by atoms with Crippen LogP contribution in [0.5, 0.6) is 0 Å². The molecule has 1 aromatic heterocycles. The quantitative estimate of drug-likeness (QED) is 0.662.